The van der Waals surface area contributed by atoms with Gasteiger partial charge < -0.3 is 10.4 Å². The third-order valence-electron chi connectivity index (χ3n) is 7.55. The number of anilines is 1. The number of hydrogen-bond donors (Lipinski definition) is 2. The molecule has 0 bridgehead atoms. The zero-order valence-electron chi connectivity index (χ0n) is 18.7. The molecular weight excluding hydrogens is 481 g/mol. The minimum absolute atomic E-state index is 0.00675. The van der Waals surface area contributed by atoms with Crippen LogP contribution in [-0.2, 0) is 6.18 Å². The van der Waals surface area contributed by atoms with Gasteiger partial charge in [-0.2, -0.15) is 13.2 Å². The fourth-order valence-electron chi connectivity index (χ4n) is 5.90. The van der Waals surface area contributed by atoms with Crippen molar-refractivity contribution in [2.75, 3.05) is 11.9 Å². The number of aliphatic hydroxyl groups is 1. The van der Waals surface area contributed by atoms with Gasteiger partial charge in [0.2, 0.25) is 0 Å². The van der Waals surface area contributed by atoms with E-state index in [1.807, 2.05) is 13.0 Å². The lowest BCUT2D eigenvalue weighted by Gasteiger charge is -2.49. The van der Waals surface area contributed by atoms with Gasteiger partial charge >= 0.3 is 6.18 Å². The van der Waals surface area contributed by atoms with E-state index >= 15 is 0 Å². The Labute approximate surface area is 204 Å². The van der Waals surface area contributed by atoms with Gasteiger partial charge in [0.25, 0.3) is 0 Å². The van der Waals surface area contributed by atoms with Crippen molar-refractivity contribution in [2.45, 2.75) is 44.3 Å². The molecule has 4 heterocycles. The van der Waals surface area contributed by atoms with Crippen LogP contribution in [0, 0.1) is 18.3 Å². The summed E-state index contributed by atoms with van der Waals surface area (Å²) >= 11 is 6.14. The molecule has 7 nitrogen and oxygen atoms in total. The summed E-state index contributed by atoms with van der Waals surface area (Å²) in [6.07, 6.45) is 2.26. The van der Waals surface area contributed by atoms with Crippen LogP contribution >= 0.6 is 11.6 Å². The van der Waals surface area contributed by atoms with Crippen molar-refractivity contribution in [2.24, 2.45) is 11.3 Å². The molecule has 0 amide bonds. The number of aliphatic hydroxyl groups excluding tert-OH is 1. The standard InChI is InChI=1S/C24H22ClF3N6O/c1-12-5-15(18(31-9-12)21-29-3-2-4-30-21)22(35)34-11-14-7-23(14)8-17(19(23)34)33-20-16(25)6-13(10-32-20)24(26,27)28/h2-6,9-10,14,17,19,22,35H,7-8,11H2,1H3,(H,32,33). The highest BCUT2D eigenvalue weighted by atomic mass is 35.5. The number of alkyl halides is 3. The Balaban J connectivity index is 1.28. The highest BCUT2D eigenvalue weighted by Gasteiger charge is 2.74. The summed E-state index contributed by atoms with van der Waals surface area (Å²) in [4.78, 5) is 19.1. The van der Waals surface area contributed by atoms with E-state index in [0.717, 1.165) is 37.2 Å². The minimum atomic E-state index is -4.51. The van der Waals surface area contributed by atoms with Gasteiger partial charge in [-0.15, -0.1) is 0 Å². The number of likely N-dealkylation sites (tertiary alicyclic amines) is 1. The molecule has 0 aromatic carbocycles. The molecule has 6 rings (SSSR count). The number of nitrogens with zero attached hydrogens (tertiary/aromatic N) is 5. The van der Waals surface area contributed by atoms with Crippen LogP contribution in [0.3, 0.4) is 0 Å². The van der Waals surface area contributed by atoms with E-state index in [1.165, 1.54) is 0 Å². The molecule has 182 valence electrons. The van der Waals surface area contributed by atoms with E-state index in [9.17, 15) is 18.3 Å². The SMILES string of the molecule is Cc1cnc(-c2ncccn2)c(C(O)N2CC3CC34CC(Nc3ncc(C(F)(F)F)cc3Cl)C24)c1. The first-order valence-electron chi connectivity index (χ1n) is 11.3. The van der Waals surface area contributed by atoms with Crippen LogP contribution < -0.4 is 5.32 Å². The number of pyridine rings is 2. The van der Waals surface area contributed by atoms with Crippen LogP contribution in [0.15, 0.2) is 43.0 Å². The van der Waals surface area contributed by atoms with Crippen LogP contribution in [0.5, 0.6) is 0 Å². The van der Waals surface area contributed by atoms with Gasteiger partial charge in [-0.25, -0.2) is 15.0 Å². The van der Waals surface area contributed by atoms with E-state index in [-0.39, 0.29) is 28.3 Å². The smallest absolute Gasteiger partial charge is 0.374 e. The van der Waals surface area contributed by atoms with Gasteiger partial charge in [-0.05, 0) is 54.9 Å². The molecule has 3 aromatic heterocycles. The second kappa shape index (κ2) is 7.84. The van der Waals surface area contributed by atoms with Gasteiger partial charge in [0.05, 0.1) is 10.6 Å². The molecule has 11 heteroatoms. The average molecular weight is 503 g/mol. The predicted octanol–water partition coefficient (Wildman–Crippen LogP) is 4.48. The Kier molecular flexibility index (Phi) is 5.07. The average Bonchev–Trinajstić information content (AvgIpc) is 3.48. The van der Waals surface area contributed by atoms with Crippen LogP contribution in [-0.4, -0.2) is 48.6 Å². The zero-order chi connectivity index (χ0) is 24.5. The van der Waals surface area contributed by atoms with E-state index in [4.69, 9.17) is 11.6 Å². The first kappa shape index (κ1) is 22.6. The molecule has 3 aliphatic rings. The maximum atomic E-state index is 13.0. The van der Waals surface area contributed by atoms with Crippen LogP contribution in [0.2, 0.25) is 5.02 Å². The van der Waals surface area contributed by atoms with Crippen molar-refractivity contribution in [1.82, 2.24) is 24.8 Å². The van der Waals surface area contributed by atoms with Gasteiger partial charge in [-0.1, -0.05) is 11.6 Å². The molecule has 2 N–H and O–H groups in total. The molecule has 35 heavy (non-hydrogen) atoms. The summed E-state index contributed by atoms with van der Waals surface area (Å²) in [6, 6.07) is 4.39. The number of piperidine rings is 1. The third-order valence-corrected chi connectivity index (χ3v) is 7.84. The van der Waals surface area contributed by atoms with Crippen LogP contribution in [0.1, 0.15) is 35.8 Å². The topological polar surface area (TPSA) is 87.1 Å². The summed E-state index contributed by atoms with van der Waals surface area (Å²) in [7, 11) is 0. The molecule has 2 aliphatic carbocycles. The van der Waals surface area contributed by atoms with E-state index < -0.39 is 18.0 Å². The fourth-order valence-corrected chi connectivity index (χ4v) is 6.12. The molecule has 1 aliphatic heterocycles. The lowest BCUT2D eigenvalue weighted by Crippen LogP contribution is -2.59. The van der Waals surface area contributed by atoms with Gasteiger partial charge in [-0.3, -0.25) is 9.88 Å². The Hall–Kier alpha value is -2.82. The lowest BCUT2D eigenvalue weighted by molar-refractivity contribution is -0.137. The molecule has 5 atom stereocenters. The molecule has 3 aromatic rings. The second-order valence-corrected chi connectivity index (χ2v) is 10.1. The number of aryl methyl sites for hydroxylation is 1. The maximum absolute atomic E-state index is 13.0. The predicted molar refractivity (Wildman–Crippen MR) is 122 cm³/mol. The van der Waals surface area contributed by atoms with Crippen molar-refractivity contribution < 1.29 is 18.3 Å². The molecule has 1 spiro atoms. The molecule has 2 saturated carbocycles. The summed E-state index contributed by atoms with van der Waals surface area (Å²) < 4.78 is 39.0. The number of nitrogens with one attached hydrogen (secondary N) is 1. The Bertz CT molecular complexity index is 1290. The summed E-state index contributed by atoms with van der Waals surface area (Å²) in [5.41, 5.74) is 1.28. The van der Waals surface area contributed by atoms with Gasteiger partial charge in [0.1, 0.15) is 17.7 Å². The normalized spacial score (nSPS) is 28.1. The molecule has 1 saturated heterocycles. The highest BCUT2D eigenvalue weighted by molar-refractivity contribution is 6.33. The third kappa shape index (κ3) is 3.66. The molecule has 0 radical (unpaired) electrons. The Morgan fingerprint density at radius 3 is 2.63 bits per heavy atom. The largest absolute Gasteiger partial charge is 0.417 e. The summed E-state index contributed by atoms with van der Waals surface area (Å²) in [5, 5.41) is 14.7. The van der Waals surface area contributed by atoms with Crippen molar-refractivity contribution in [1.29, 1.82) is 0 Å². The van der Waals surface area contributed by atoms with Crippen LogP contribution in [0.4, 0.5) is 19.0 Å². The van der Waals surface area contributed by atoms with Crippen molar-refractivity contribution in [3.63, 3.8) is 0 Å². The monoisotopic (exact) mass is 502 g/mol. The molecule has 3 fully saturated rings. The second-order valence-electron chi connectivity index (χ2n) is 9.68. The van der Waals surface area contributed by atoms with Gasteiger partial charge in [0.15, 0.2) is 5.82 Å². The summed E-state index contributed by atoms with van der Waals surface area (Å²) in [5.74, 6) is 1.13. The fraction of sp³-hybridized carbons (Fsp3) is 0.417. The van der Waals surface area contributed by atoms with Crippen molar-refractivity contribution >= 4 is 17.4 Å². The Morgan fingerprint density at radius 2 is 1.91 bits per heavy atom. The highest BCUT2D eigenvalue weighted by Crippen LogP contribution is 2.72. The van der Waals surface area contributed by atoms with Gasteiger partial charge in [0, 0.05) is 49.0 Å². The quantitative estimate of drug-likeness (QED) is 0.532. The van der Waals surface area contributed by atoms with E-state index in [0.29, 0.717) is 23.0 Å². The Morgan fingerprint density at radius 1 is 1.14 bits per heavy atom. The minimum Gasteiger partial charge on any atom is -0.374 e. The first-order chi connectivity index (χ1) is 16.7. The number of rotatable bonds is 5. The number of hydrogen-bond acceptors (Lipinski definition) is 7. The zero-order valence-corrected chi connectivity index (χ0v) is 19.4. The first-order valence-corrected chi connectivity index (χ1v) is 11.7. The number of halogens is 4. The van der Waals surface area contributed by atoms with Crippen molar-refractivity contribution in [3.8, 4) is 11.5 Å². The van der Waals surface area contributed by atoms with E-state index in [1.54, 1.807) is 24.7 Å². The van der Waals surface area contributed by atoms with Crippen LogP contribution in [0.25, 0.3) is 11.5 Å². The molecule has 5 unspecified atom stereocenters. The number of aromatic nitrogens is 4. The summed E-state index contributed by atoms with van der Waals surface area (Å²) in [6.45, 7) is 2.63. The van der Waals surface area contributed by atoms with Crippen molar-refractivity contribution in [3.05, 3.63) is 64.7 Å². The van der Waals surface area contributed by atoms with E-state index in [2.05, 4.69) is 30.2 Å². The maximum Gasteiger partial charge on any atom is 0.417 e. The molecular formula is C24H22ClF3N6O. The lowest BCUT2D eigenvalue weighted by atomic mass is 9.71.